The molecule has 16 heteroatoms. The molecule has 0 saturated carbocycles. The summed E-state index contributed by atoms with van der Waals surface area (Å²) >= 11 is 0. The number of hydrogen-bond acceptors (Lipinski definition) is 9. The number of fused-ring (bicyclic) bond motifs is 6. The van der Waals surface area contributed by atoms with Crippen molar-refractivity contribution < 1.29 is 47.9 Å². The van der Waals surface area contributed by atoms with Crippen molar-refractivity contribution in [3.8, 4) is 0 Å². The van der Waals surface area contributed by atoms with Gasteiger partial charge in [-0.2, -0.15) is 21.4 Å². The number of likely N-dealkylation sites (N-methyl/N-ethyl adjacent to an activating group) is 1. The zero-order valence-electron chi connectivity index (χ0n) is 35.7. The second-order valence-corrected chi connectivity index (χ2v) is 19.9. The minimum Gasteiger partial charge on any atom is -0.354 e. The molecule has 6 rings (SSSR count). The fourth-order valence-electron chi connectivity index (χ4n) is 8.80. The maximum atomic E-state index is 12.4. The summed E-state index contributed by atoms with van der Waals surface area (Å²) in [5.74, 6) is 0.0531. The lowest BCUT2D eigenvalue weighted by molar-refractivity contribution is -0.438. The van der Waals surface area contributed by atoms with E-state index in [1.807, 2.05) is 57.2 Å². The van der Waals surface area contributed by atoms with Gasteiger partial charge in [-0.3, -0.25) is 13.9 Å². The van der Waals surface area contributed by atoms with Crippen LogP contribution in [0.3, 0.4) is 0 Å². The molecule has 3 N–H and O–H groups in total. The lowest BCUT2D eigenvalue weighted by Crippen LogP contribution is -2.29. The van der Waals surface area contributed by atoms with Crippen LogP contribution in [0.25, 0.3) is 21.5 Å². The maximum absolute atomic E-state index is 12.4. The first-order chi connectivity index (χ1) is 28.4. The second-order valence-electron chi connectivity index (χ2n) is 16.7. The summed E-state index contributed by atoms with van der Waals surface area (Å²) in [7, 11) is -12.0. The molecule has 0 saturated heterocycles. The molecule has 0 fully saturated rings. The van der Waals surface area contributed by atoms with E-state index < -0.39 is 41.7 Å². The van der Waals surface area contributed by atoms with Crippen LogP contribution in [0.15, 0.2) is 100 Å². The lowest BCUT2D eigenvalue weighted by Gasteiger charge is -2.26. The van der Waals surface area contributed by atoms with E-state index >= 15 is 0 Å². The normalized spacial score (nSPS) is 16.5. The van der Waals surface area contributed by atoms with Gasteiger partial charge in [0.2, 0.25) is 11.6 Å². The van der Waals surface area contributed by atoms with Gasteiger partial charge in [-0.25, -0.2) is 0 Å². The number of allylic oxidation sites excluding steroid dienone is 6. The van der Waals surface area contributed by atoms with Crippen LogP contribution >= 0.6 is 0 Å². The number of benzene rings is 4. The number of unbranched alkanes of at least 4 members (excludes halogenated alkanes) is 2. The first-order valence-corrected chi connectivity index (χ1v) is 23.9. The Labute approximate surface area is 360 Å². The average molecular weight is 893 g/mol. The van der Waals surface area contributed by atoms with Crippen LogP contribution < -0.4 is 10.2 Å². The van der Waals surface area contributed by atoms with Gasteiger partial charge in [0.1, 0.15) is 11.4 Å². The fourth-order valence-corrected chi connectivity index (χ4v) is 10.1. The summed E-state index contributed by atoms with van der Waals surface area (Å²) in [6.07, 6.45) is 13.2. The highest BCUT2D eigenvalue weighted by molar-refractivity contribution is 7.86. The maximum Gasteiger partial charge on any atom is 0.425 e. The molecule has 4 aromatic rings. The first kappa shape index (κ1) is 47.1. The van der Waals surface area contributed by atoms with Crippen molar-refractivity contribution >= 4 is 75.4 Å². The first-order valence-electron chi connectivity index (χ1n) is 20.0. The average Bonchev–Trinajstić information content (AvgIpc) is 3.50. The smallest absolute Gasteiger partial charge is 0.354 e. The number of carbonyl (C=O) groups is 1. The highest BCUT2D eigenvalue weighted by Gasteiger charge is 2.46. The Balaban J connectivity index is 0.00000168. The van der Waals surface area contributed by atoms with E-state index in [-0.39, 0.29) is 21.7 Å². The molecule has 0 atom stereocenters. The third-order valence-corrected chi connectivity index (χ3v) is 13.0. The predicted octanol–water partition coefficient (Wildman–Crippen LogP) is 8.07. The SMILES string of the molecule is CCN1\C(=C/C=C/C=C/C2=[N+](CCCCCC(=O)NC(C)C)c3ccc4ccc(S(=O)(=O)O)cc4c3C2(C)C)C(C)(C)c2c1ccc1c(S(=O)(=O)O)cc(C)cc21.O=S(=O)=O. The van der Waals surface area contributed by atoms with Crippen molar-refractivity contribution in [2.24, 2.45) is 0 Å². The molecule has 0 aromatic heterocycles. The van der Waals surface area contributed by atoms with E-state index in [0.29, 0.717) is 24.9 Å². The van der Waals surface area contributed by atoms with Crippen LogP contribution in [0.5, 0.6) is 0 Å². The molecular weight excluding hydrogens is 839 g/mol. The van der Waals surface area contributed by atoms with E-state index in [1.165, 1.54) is 12.1 Å². The molecule has 2 aliphatic rings. The van der Waals surface area contributed by atoms with Gasteiger partial charge < -0.3 is 10.2 Å². The number of hydrogen-bond donors (Lipinski definition) is 3. The van der Waals surface area contributed by atoms with Crippen molar-refractivity contribution in [2.45, 2.75) is 108 Å². The lowest BCUT2D eigenvalue weighted by atomic mass is 9.79. The number of aryl methyl sites for hydroxylation is 1. The number of carbonyl (C=O) groups excluding carboxylic acids is 1. The summed E-state index contributed by atoms with van der Waals surface area (Å²) in [6.45, 7) is 17.7. The van der Waals surface area contributed by atoms with Gasteiger partial charge in [0.05, 0.1) is 10.3 Å². The highest BCUT2D eigenvalue weighted by atomic mass is 32.2. The number of nitrogens with one attached hydrogen (secondary N) is 1. The van der Waals surface area contributed by atoms with Crippen molar-refractivity contribution in [2.75, 3.05) is 18.0 Å². The minimum atomic E-state index is -4.43. The third-order valence-electron chi connectivity index (χ3n) is 11.2. The van der Waals surface area contributed by atoms with Crippen LogP contribution in [-0.2, 0) is 46.5 Å². The molecule has 13 nitrogen and oxygen atoms in total. The molecular formula is C45H54N3O10S3+. The Morgan fingerprint density at radius 2 is 1.49 bits per heavy atom. The third kappa shape index (κ3) is 10.0. The van der Waals surface area contributed by atoms with E-state index in [2.05, 4.69) is 67.6 Å². The molecule has 0 radical (unpaired) electrons. The van der Waals surface area contributed by atoms with E-state index in [4.69, 9.17) is 12.6 Å². The molecule has 0 aliphatic carbocycles. The standard InChI is InChI=1S/C45H53N3O7S2.O3S/c1-9-47-36-24-22-33-35(26-30(4)27-38(33)57(53,54)55)43(36)44(5,6)39(47)16-12-10-13-17-40-45(7,8)42-34-28-32(56(50,51)52)21-19-31(34)20-23-37(42)48(40)25-15-11-14-18-41(49)46-29(2)3;1-4(2)3/h10,12-13,16-17,19-24,26-29H,9,11,14-15,18,25H2,1-8H3,(H2-,46,49,50,51,52,53,54,55);/p+1. The Bertz CT molecular complexity index is 2870. The molecule has 4 aromatic carbocycles. The van der Waals surface area contributed by atoms with Gasteiger partial charge in [0, 0.05) is 65.3 Å². The number of anilines is 1. The van der Waals surface area contributed by atoms with E-state index in [9.17, 15) is 30.7 Å². The largest absolute Gasteiger partial charge is 0.425 e. The van der Waals surface area contributed by atoms with Crippen molar-refractivity contribution in [1.82, 2.24) is 5.32 Å². The number of nitrogens with zero attached hydrogens (tertiary/aromatic N) is 2. The van der Waals surface area contributed by atoms with Crippen LogP contribution in [0.1, 0.15) is 90.8 Å². The van der Waals surface area contributed by atoms with Crippen LogP contribution in [0, 0.1) is 6.92 Å². The molecule has 61 heavy (non-hydrogen) atoms. The molecule has 0 spiro atoms. The second kappa shape index (κ2) is 18.2. The van der Waals surface area contributed by atoms with Gasteiger partial charge in [-0.1, -0.05) is 50.3 Å². The number of amides is 1. The fraction of sp³-hybridized carbons (Fsp3) is 0.378. The van der Waals surface area contributed by atoms with E-state index in [1.54, 1.807) is 18.2 Å². The predicted molar refractivity (Wildman–Crippen MR) is 239 cm³/mol. The van der Waals surface area contributed by atoms with Gasteiger partial charge in [0.15, 0.2) is 5.71 Å². The Hall–Kier alpha value is -5.00. The van der Waals surface area contributed by atoms with Gasteiger partial charge >= 0.3 is 10.6 Å². The van der Waals surface area contributed by atoms with Crippen molar-refractivity contribution in [3.05, 3.63) is 107 Å². The van der Waals surface area contributed by atoms with E-state index in [0.717, 1.165) is 74.9 Å². The van der Waals surface area contributed by atoms with Crippen LogP contribution in [0.2, 0.25) is 0 Å². The zero-order chi connectivity index (χ0) is 45.2. The molecule has 2 heterocycles. The minimum absolute atomic E-state index is 0.0531. The number of rotatable bonds is 13. The van der Waals surface area contributed by atoms with Crippen molar-refractivity contribution in [1.29, 1.82) is 0 Å². The van der Waals surface area contributed by atoms with Crippen molar-refractivity contribution in [3.63, 3.8) is 0 Å². The quantitative estimate of drug-likeness (QED) is 0.0508. The molecule has 2 aliphatic heterocycles. The topological polar surface area (TPSA) is 195 Å². The Morgan fingerprint density at radius 3 is 2.11 bits per heavy atom. The van der Waals surface area contributed by atoms with Gasteiger partial charge in [-0.05, 0) is 118 Å². The van der Waals surface area contributed by atoms with Gasteiger partial charge in [0.25, 0.3) is 20.2 Å². The summed E-state index contributed by atoms with van der Waals surface area (Å²) < 4.78 is 96.7. The zero-order valence-corrected chi connectivity index (χ0v) is 38.1. The monoisotopic (exact) mass is 892 g/mol. The summed E-state index contributed by atoms with van der Waals surface area (Å²) in [4.78, 5) is 14.3. The molecule has 326 valence electrons. The van der Waals surface area contributed by atoms with Crippen LogP contribution in [0.4, 0.5) is 11.4 Å². The Morgan fingerprint density at radius 1 is 0.820 bits per heavy atom. The Kier molecular flexibility index (Phi) is 14.0. The summed E-state index contributed by atoms with van der Waals surface area (Å²) in [5.41, 5.74) is 5.79. The summed E-state index contributed by atoms with van der Waals surface area (Å²) in [5, 5.41) is 5.88. The summed E-state index contributed by atoms with van der Waals surface area (Å²) in [6, 6.07) is 16.1. The highest BCUT2D eigenvalue weighted by Crippen LogP contribution is 2.51. The molecule has 0 bridgehead atoms. The molecule has 0 unspecified atom stereocenters. The molecule has 1 amide bonds. The van der Waals surface area contributed by atoms with Crippen LogP contribution in [-0.4, -0.2) is 73.9 Å². The van der Waals surface area contributed by atoms with Gasteiger partial charge in [-0.15, -0.1) is 12.6 Å².